The molecule has 1 N–H and O–H groups in total. The molecular weight excluding hydrogens is 198 g/mol. The molecule has 16 heavy (non-hydrogen) atoms. The highest BCUT2D eigenvalue weighted by Crippen LogP contribution is 2.33. The second-order valence-corrected chi connectivity index (χ2v) is 5.59. The SMILES string of the molecule is CNC(C(C)CCOC)C1CCC(C)CC1. The summed E-state index contributed by atoms with van der Waals surface area (Å²) < 4.78 is 5.18. The van der Waals surface area contributed by atoms with Crippen LogP contribution < -0.4 is 5.32 Å². The summed E-state index contributed by atoms with van der Waals surface area (Å²) in [6, 6.07) is 0.683. The summed E-state index contributed by atoms with van der Waals surface area (Å²) in [5, 5.41) is 3.54. The van der Waals surface area contributed by atoms with Gasteiger partial charge in [-0.15, -0.1) is 0 Å². The van der Waals surface area contributed by atoms with Gasteiger partial charge in [0.05, 0.1) is 0 Å². The van der Waals surface area contributed by atoms with E-state index in [1.54, 1.807) is 7.11 Å². The van der Waals surface area contributed by atoms with Crippen molar-refractivity contribution in [2.24, 2.45) is 17.8 Å². The summed E-state index contributed by atoms with van der Waals surface area (Å²) in [5.41, 5.74) is 0. The number of ether oxygens (including phenoxy) is 1. The Bertz CT molecular complexity index is 176. The van der Waals surface area contributed by atoms with E-state index in [2.05, 4.69) is 26.2 Å². The lowest BCUT2D eigenvalue weighted by Crippen LogP contribution is -2.41. The van der Waals surface area contributed by atoms with Crippen molar-refractivity contribution in [2.75, 3.05) is 20.8 Å². The van der Waals surface area contributed by atoms with Crippen LogP contribution in [0, 0.1) is 17.8 Å². The number of nitrogens with one attached hydrogen (secondary N) is 1. The van der Waals surface area contributed by atoms with Crippen molar-refractivity contribution in [3.63, 3.8) is 0 Å². The molecule has 0 amide bonds. The Kier molecular flexibility index (Phi) is 6.37. The van der Waals surface area contributed by atoms with Gasteiger partial charge in [0.1, 0.15) is 0 Å². The van der Waals surface area contributed by atoms with Gasteiger partial charge in [0.15, 0.2) is 0 Å². The van der Waals surface area contributed by atoms with Gasteiger partial charge < -0.3 is 10.1 Å². The molecule has 0 aromatic carbocycles. The van der Waals surface area contributed by atoms with E-state index in [4.69, 9.17) is 4.74 Å². The van der Waals surface area contributed by atoms with Crippen molar-refractivity contribution in [2.45, 2.75) is 52.0 Å². The standard InChI is InChI=1S/C14H29NO/c1-11-5-7-13(8-6-11)14(15-3)12(2)9-10-16-4/h11-15H,5-10H2,1-4H3. The van der Waals surface area contributed by atoms with E-state index < -0.39 is 0 Å². The first kappa shape index (κ1) is 14.0. The molecule has 1 saturated carbocycles. The number of hydrogen-bond donors (Lipinski definition) is 1. The molecule has 0 radical (unpaired) electrons. The zero-order valence-electron chi connectivity index (χ0n) is 11.5. The predicted molar refractivity (Wildman–Crippen MR) is 69.6 cm³/mol. The fraction of sp³-hybridized carbons (Fsp3) is 1.00. The molecule has 1 fully saturated rings. The van der Waals surface area contributed by atoms with Crippen LogP contribution in [0.2, 0.25) is 0 Å². The van der Waals surface area contributed by atoms with Gasteiger partial charge in [-0.2, -0.15) is 0 Å². The van der Waals surface area contributed by atoms with E-state index >= 15 is 0 Å². The molecule has 2 atom stereocenters. The fourth-order valence-corrected chi connectivity index (χ4v) is 3.11. The third-order valence-electron chi connectivity index (χ3n) is 4.29. The summed E-state index contributed by atoms with van der Waals surface area (Å²) in [5.74, 6) is 2.56. The van der Waals surface area contributed by atoms with E-state index in [-0.39, 0.29) is 0 Å². The van der Waals surface area contributed by atoms with Gasteiger partial charge >= 0.3 is 0 Å². The van der Waals surface area contributed by atoms with Crippen LogP contribution >= 0.6 is 0 Å². The molecule has 2 heteroatoms. The first-order valence-electron chi connectivity index (χ1n) is 6.85. The monoisotopic (exact) mass is 227 g/mol. The average Bonchev–Trinajstić information content (AvgIpc) is 2.30. The molecule has 1 aliphatic rings. The highest BCUT2D eigenvalue weighted by molar-refractivity contribution is 4.83. The van der Waals surface area contributed by atoms with Crippen LogP contribution in [0.1, 0.15) is 46.0 Å². The number of hydrogen-bond acceptors (Lipinski definition) is 2. The van der Waals surface area contributed by atoms with E-state index in [0.717, 1.165) is 24.4 Å². The minimum absolute atomic E-state index is 0.683. The van der Waals surface area contributed by atoms with E-state index in [9.17, 15) is 0 Å². The molecule has 0 bridgehead atoms. The van der Waals surface area contributed by atoms with Crippen LogP contribution in [0.5, 0.6) is 0 Å². The van der Waals surface area contributed by atoms with Crippen molar-refractivity contribution in [1.82, 2.24) is 5.32 Å². The zero-order chi connectivity index (χ0) is 12.0. The molecule has 0 aromatic rings. The van der Waals surface area contributed by atoms with Crippen LogP contribution in [0.25, 0.3) is 0 Å². The Labute approximate surface area is 101 Å². The third-order valence-corrected chi connectivity index (χ3v) is 4.29. The predicted octanol–water partition coefficient (Wildman–Crippen LogP) is 3.07. The maximum absolute atomic E-state index is 5.18. The molecule has 2 nitrogen and oxygen atoms in total. The lowest BCUT2D eigenvalue weighted by Gasteiger charge is -2.36. The number of rotatable bonds is 6. The Morgan fingerprint density at radius 2 is 1.88 bits per heavy atom. The van der Waals surface area contributed by atoms with E-state index in [1.807, 2.05) is 0 Å². The van der Waals surface area contributed by atoms with Crippen LogP contribution in [-0.4, -0.2) is 26.8 Å². The summed E-state index contributed by atoms with van der Waals surface area (Å²) >= 11 is 0. The van der Waals surface area contributed by atoms with Gasteiger partial charge in [-0.1, -0.05) is 26.7 Å². The van der Waals surface area contributed by atoms with Crippen molar-refractivity contribution < 1.29 is 4.74 Å². The van der Waals surface area contributed by atoms with Crippen LogP contribution in [0.3, 0.4) is 0 Å². The Morgan fingerprint density at radius 3 is 2.38 bits per heavy atom. The van der Waals surface area contributed by atoms with Gasteiger partial charge in [0.25, 0.3) is 0 Å². The average molecular weight is 227 g/mol. The highest BCUT2D eigenvalue weighted by atomic mass is 16.5. The molecule has 0 aliphatic heterocycles. The maximum Gasteiger partial charge on any atom is 0.0465 e. The molecule has 0 aromatic heterocycles. The van der Waals surface area contributed by atoms with Crippen molar-refractivity contribution in [3.05, 3.63) is 0 Å². The van der Waals surface area contributed by atoms with Gasteiger partial charge in [-0.25, -0.2) is 0 Å². The van der Waals surface area contributed by atoms with Crippen LogP contribution in [0.15, 0.2) is 0 Å². The lowest BCUT2D eigenvalue weighted by molar-refractivity contribution is 0.144. The quantitative estimate of drug-likeness (QED) is 0.753. The second kappa shape index (κ2) is 7.29. The minimum Gasteiger partial charge on any atom is -0.385 e. The molecule has 0 heterocycles. The first-order valence-corrected chi connectivity index (χ1v) is 6.85. The number of methoxy groups -OCH3 is 1. The zero-order valence-corrected chi connectivity index (χ0v) is 11.5. The first-order chi connectivity index (χ1) is 7.69. The molecule has 0 saturated heterocycles. The summed E-state index contributed by atoms with van der Waals surface area (Å²) in [7, 11) is 3.91. The molecule has 1 aliphatic carbocycles. The minimum atomic E-state index is 0.683. The van der Waals surface area contributed by atoms with E-state index in [0.29, 0.717) is 6.04 Å². The highest BCUT2D eigenvalue weighted by Gasteiger charge is 2.28. The van der Waals surface area contributed by atoms with Crippen molar-refractivity contribution in [3.8, 4) is 0 Å². The Morgan fingerprint density at radius 1 is 1.25 bits per heavy atom. The smallest absolute Gasteiger partial charge is 0.0465 e. The van der Waals surface area contributed by atoms with Gasteiger partial charge in [0.2, 0.25) is 0 Å². The molecule has 2 unspecified atom stereocenters. The summed E-state index contributed by atoms with van der Waals surface area (Å²) in [6.07, 6.45) is 6.82. The summed E-state index contributed by atoms with van der Waals surface area (Å²) in [4.78, 5) is 0. The van der Waals surface area contributed by atoms with Gasteiger partial charge in [-0.05, 0) is 44.1 Å². The van der Waals surface area contributed by atoms with Crippen molar-refractivity contribution >= 4 is 0 Å². The third kappa shape index (κ3) is 4.06. The molecule has 0 spiro atoms. The molecule has 1 rings (SSSR count). The second-order valence-electron chi connectivity index (χ2n) is 5.59. The van der Waals surface area contributed by atoms with Crippen LogP contribution in [-0.2, 0) is 4.74 Å². The largest absolute Gasteiger partial charge is 0.385 e. The van der Waals surface area contributed by atoms with Crippen LogP contribution in [0.4, 0.5) is 0 Å². The van der Waals surface area contributed by atoms with E-state index in [1.165, 1.54) is 32.1 Å². The maximum atomic E-state index is 5.18. The lowest BCUT2D eigenvalue weighted by atomic mass is 9.75. The normalized spacial score (nSPS) is 30.0. The van der Waals surface area contributed by atoms with Crippen molar-refractivity contribution in [1.29, 1.82) is 0 Å². The Hall–Kier alpha value is -0.0800. The van der Waals surface area contributed by atoms with Gasteiger partial charge in [-0.3, -0.25) is 0 Å². The molecular formula is C14H29NO. The fourth-order valence-electron chi connectivity index (χ4n) is 3.11. The molecule has 96 valence electrons. The Balaban J connectivity index is 2.40. The van der Waals surface area contributed by atoms with Gasteiger partial charge in [0, 0.05) is 19.8 Å². The topological polar surface area (TPSA) is 21.3 Å². The summed E-state index contributed by atoms with van der Waals surface area (Å²) in [6.45, 7) is 5.64.